The number of benzene rings is 1. The second-order valence-corrected chi connectivity index (χ2v) is 4.58. The van der Waals surface area contributed by atoms with Gasteiger partial charge in [0.05, 0.1) is 5.54 Å². The van der Waals surface area contributed by atoms with Crippen molar-refractivity contribution < 1.29 is 0 Å². The molecule has 0 spiro atoms. The smallest absolute Gasteiger partial charge is 0.113 e. The van der Waals surface area contributed by atoms with Crippen LogP contribution in [0.5, 0.6) is 0 Å². The van der Waals surface area contributed by atoms with Gasteiger partial charge in [-0.25, -0.2) is 0 Å². The molecule has 0 saturated heterocycles. The molecule has 0 saturated carbocycles. The molecule has 0 aliphatic heterocycles. The van der Waals surface area contributed by atoms with Gasteiger partial charge in [0.2, 0.25) is 0 Å². The molecule has 0 amide bonds. The van der Waals surface area contributed by atoms with Gasteiger partial charge in [-0.3, -0.25) is 0 Å². The van der Waals surface area contributed by atoms with Gasteiger partial charge in [0.15, 0.2) is 0 Å². The van der Waals surface area contributed by atoms with Crippen molar-refractivity contribution >= 4 is 11.0 Å². The van der Waals surface area contributed by atoms with Gasteiger partial charge >= 0.3 is 0 Å². The minimum atomic E-state index is 0.0494. The quantitative estimate of drug-likeness (QED) is 0.786. The van der Waals surface area contributed by atoms with Gasteiger partial charge < -0.3 is 0 Å². The first-order valence-corrected chi connectivity index (χ1v) is 6.02. The van der Waals surface area contributed by atoms with Gasteiger partial charge in [-0.2, -0.15) is 15.0 Å². The van der Waals surface area contributed by atoms with Crippen molar-refractivity contribution in [2.24, 2.45) is 0 Å². The van der Waals surface area contributed by atoms with Crippen molar-refractivity contribution in [3.63, 3.8) is 0 Å². The lowest BCUT2D eigenvalue weighted by Crippen LogP contribution is -2.31. The summed E-state index contributed by atoms with van der Waals surface area (Å²) >= 11 is 0. The maximum Gasteiger partial charge on any atom is 0.113 e. The number of hydrogen-bond donors (Lipinski definition) is 0. The third-order valence-electron chi connectivity index (χ3n) is 3.32. The number of rotatable bonds is 4. The predicted molar refractivity (Wildman–Crippen MR) is 66.4 cm³/mol. The normalized spacial score (nSPS) is 15.2. The highest BCUT2D eigenvalue weighted by Gasteiger charge is 2.25. The topological polar surface area (TPSA) is 30.7 Å². The van der Waals surface area contributed by atoms with E-state index in [2.05, 4.69) is 31.0 Å². The number of fused-ring (bicyclic) bond motifs is 1. The van der Waals surface area contributed by atoms with Crippen LogP contribution >= 0.6 is 0 Å². The maximum absolute atomic E-state index is 4.58. The summed E-state index contributed by atoms with van der Waals surface area (Å²) in [5.74, 6) is 0. The van der Waals surface area contributed by atoms with E-state index in [1.54, 1.807) is 0 Å². The zero-order valence-corrected chi connectivity index (χ0v) is 10.3. The van der Waals surface area contributed by atoms with Crippen LogP contribution in [0.2, 0.25) is 0 Å². The molecule has 0 radical (unpaired) electrons. The van der Waals surface area contributed by atoms with Crippen LogP contribution in [-0.4, -0.2) is 15.0 Å². The zero-order chi connectivity index (χ0) is 11.6. The van der Waals surface area contributed by atoms with Crippen molar-refractivity contribution in [1.29, 1.82) is 0 Å². The van der Waals surface area contributed by atoms with Crippen LogP contribution in [0.4, 0.5) is 0 Å². The largest absolute Gasteiger partial charge is 0.178 e. The molecule has 1 aromatic carbocycles. The summed E-state index contributed by atoms with van der Waals surface area (Å²) in [5.41, 5.74) is 2.02. The molecule has 1 atom stereocenters. The Morgan fingerprint density at radius 3 is 2.12 bits per heavy atom. The average molecular weight is 217 g/mol. The number of nitrogens with zero attached hydrogens (tertiary/aromatic N) is 3. The molecule has 1 aromatic heterocycles. The maximum atomic E-state index is 4.58. The standard InChI is InChI=1S/C13H19N3/c1-4-10-13(3,5-2)16-14-11-8-6-7-9-12(11)15-16/h6-9H,4-5,10H2,1-3H3. The average Bonchev–Trinajstić information content (AvgIpc) is 2.73. The predicted octanol–water partition coefficient (Wildman–Crippen LogP) is 3.36. The molecule has 2 rings (SSSR count). The van der Waals surface area contributed by atoms with Crippen molar-refractivity contribution in [3.8, 4) is 0 Å². The van der Waals surface area contributed by atoms with Gasteiger partial charge in [0.1, 0.15) is 11.0 Å². The van der Waals surface area contributed by atoms with E-state index in [0.29, 0.717) is 0 Å². The van der Waals surface area contributed by atoms with Crippen molar-refractivity contribution in [1.82, 2.24) is 15.0 Å². The third kappa shape index (κ3) is 1.82. The summed E-state index contributed by atoms with van der Waals surface area (Å²) in [6.45, 7) is 6.64. The number of aromatic nitrogens is 3. The molecule has 0 bridgehead atoms. The molecule has 1 heterocycles. The Kier molecular flexibility index (Phi) is 2.95. The van der Waals surface area contributed by atoms with E-state index in [4.69, 9.17) is 0 Å². The molecule has 0 aliphatic carbocycles. The van der Waals surface area contributed by atoms with Gasteiger partial charge in [-0.15, -0.1) is 0 Å². The molecule has 1 unspecified atom stereocenters. The van der Waals surface area contributed by atoms with E-state index in [0.717, 1.165) is 30.3 Å². The van der Waals surface area contributed by atoms with Gasteiger partial charge in [0.25, 0.3) is 0 Å². The minimum absolute atomic E-state index is 0.0494. The van der Waals surface area contributed by atoms with Crippen molar-refractivity contribution in [2.45, 2.75) is 45.6 Å². The van der Waals surface area contributed by atoms with Gasteiger partial charge in [0, 0.05) is 0 Å². The van der Waals surface area contributed by atoms with Crippen molar-refractivity contribution in [3.05, 3.63) is 24.3 Å². The SMILES string of the molecule is CCCC(C)(CC)n1nc2ccccc2n1. The Labute approximate surface area is 96.5 Å². The Balaban J connectivity index is 2.45. The lowest BCUT2D eigenvalue weighted by molar-refractivity contribution is 0.224. The van der Waals surface area contributed by atoms with E-state index in [1.165, 1.54) is 0 Å². The van der Waals surface area contributed by atoms with Crippen LogP contribution in [0.25, 0.3) is 11.0 Å². The van der Waals surface area contributed by atoms with E-state index < -0.39 is 0 Å². The molecule has 0 N–H and O–H groups in total. The Morgan fingerprint density at radius 2 is 1.69 bits per heavy atom. The summed E-state index contributed by atoms with van der Waals surface area (Å²) in [5, 5.41) is 9.16. The first-order chi connectivity index (χ1) is 7.69. The van der Waals surface area contributed by atoms with Crippen LogP contribution < -0.4 is 0 Å². The fourth-order valence-electron chi connectivity index (χ4n) is 2.06. The van der Waals surface area contributed by atoms with E-state index >= 15 is 0 Å². The number of hydrogen-bond acceptors (Lipinski definition) is 2. The highest BCUT2D eigenvalue weighted by Crippen LogP contribution is 2.25. The first-order valence-electron chi connectivity index (χ1n) is 6.02. The Hall–Kier alpha value is -1.38. The fourth-order valence-corrected chi connectivity index (χ4v) is 2.06. The van der Waals surface area contributed by atoms with E-state index in [-0.39, 0.29) is 5.54 Å². The molecule has 0 aliphatic rings. The van der Waals surface area contributed by atoms with Gasteiger partial charge in [-0.05, 0) is 31.9 Å². The monoisotopic (exact) mass is 217 g/mol. The molecular weight excluding hydrogens is 198 g/mol. The summed E-state index contributed by atoms with van der Waals surface area (Å²) in [6, 6.07) is 8.04. The summed E-state index contributed by atoms with van der Waals surface area (Å²) in [6.07, 6.45) is 3.33. The Morgan fingerprint density at radius 1 is 1.12 bits per heavy atom. The fraction of sp³-hybridized carbons (Fsp3) is 0.538. The van der Waals surface area contributed by atoms with E-state index in [1.807, 2.05) is 29.1 Å². The zero-order valence-electron chi connectivity index (χ0n) is 10.3. The molecule has 3 nitrogen and oxygen atoms in total. The van der Waals surface area contributed by atoms with E-state index in [9.17, 15) is 0 Å². The second kappa shape index (κ2) is 4.24. The molecule has 2 aromatic rings. The molecular formula is C13H19N3. The van der Waals surface area contributed by atoms with Crippen molar-refractivity contribution in [2.75, 3.05) is 0 Å². The summed E-state index contributed by atoms with van der Waals surface area (Å²) in [7, 11) is 0. The molecule has 3 heteroatoms. The second-order valence-electron chi connectivity index (χ2n) is 4.58. The molecule has 0 fully saturated rings. The first kappa shape index (κ1) is 11.1. The van der Waals surface area contributed by atoms with Crippen LogP contribution in [0.15, 0.2) is 24.3 Å². The third-order valence-corrected chi connectivity index (χ3v) is 3.32. The van der Waals surface area contributed by atoms with Crippen LogP contribution in [0.1, 0.15) is 40.0 Å². The highest BCUT2D eigenvalue weighted by molar-refractivity contribution is 5.73. The highest BCUT2D eigenvalue weighted by atomic mass is 15.5. The summed E-state index contributed by atoms with van der Waals surface area (Å²) in [4.78, 5) is 1.90. The van der Waals surface area contributed by atoms with Crippen LogP contribution in [-0.2, 0) is 5.54 Å². The lowest BCUT2D eigenvalue weighted by atomic mass is 9.94. The molecule has 16 heavy (non-hydrogen) atoms. The van der Waals surface area contributed by atoms with Crippen LogP contribution in [0.3, 0.4) is 0 Å². The summed E-state index contributed by atoms with van der Waals surface area (Å²) < 4.78 is 0. The molecule has 86 valence electrons. The minimum Gasteiger partial charge on any atom is -0.178 e. The van der Waals surface area contributed by atoms with Crippen LogP contribution in [0, 0.1) is 0 Å². The lowest BCUT2D eigenvalue weighted by Gasteiger charge is -2.26. The Bertz CT molecular complexity index is 442. The van der Waals surface area contributed by atoms with Gasteiger partial charge in [-0.1, -0.05) is 32.4 Å².